The van der Waals surface area contributed by atoms with E-state index in [0.717, 1.165) is 16.1 Å². The summed E-state index contributed by atoms with van der Waals surface area (Å²) >= 11 is 0. The van der Waals surface area contributed by atoms with E-state index in [1.807, 2.05) is 12.1 Å². The Balaban J connectivity index is 2.40. The van der Waals surface area contributed by atoms with Crippen LogP contribution in [0.3, 0.4) is 0 Å². The largest absolute Gasteiger partial charge is 0.497 e. The number of carbonyl (C=O) groups is 1. The average molecular weight is 423 g/mol. The van der Waals surface area contributed by atoms with Gasteiger partial charge in [0.1, 0.15) is 5.75 Å². The highest BCUT2D eigenvalue weighted by atomic mass is 32.2. The standard InChI is InChI=1S/C20H26N2O6S/c1-6-22(29(5,24)25)17-12-19(28-4)18(27-3)11-16(17)20(23)21-13-14-7-9-15(26-2)10-8-14/h7-12H,6,13H2,1-5H3,(H,21,23). The molecular weight excluding hydrogens is 396 g/mol. The average Bonchev–Trinajstić information content (AvgIpc) is 2.71. The van der Waals surface area contributed by atoms with Crippen molar-refractivity contribution >= 4 is 21.6 Å². The zero-order chi connectivity index (χ0) is 21.6. The van der Waals surface area contributed by atoms with E-state index in [4.69, 9.17) is 14.2 Å². The number of hydrogen-bond acceptors (Lipinski definition) is 6. The number of nitrogens with zero attached hydrogens (tertiary/aromatic N) is 1. The van der Waals surface area contributed by atoms with Gasteiger partial charge in [-0.1, -0.05) is 12.1 Å². The molecule has 0 atom stereocenters. The molecule has 0 aromatic heterocycles. The molecule has 0 unspecified atom stereocenters. The van der Waals surface area contributed by atoms with Gasteiger partial charge in [0.2, 0.25) is 10.0 Å². The summed E-state index contributed by atoms with van der Waals surface area (Å²) in [6.45, 7) is 2.12. The van der Waals surface area contributed by atoms with Crippen LogP contribution in [0.25, 0.3) is 0 Å². The summed E-state index contributed by atoms with van der Waals surface area (Å²) < 4.78 is 41.3. The van der Waals surface area contributed by atoms with Gasteiger partial charge in [0.15, 0.2) is 11.5 Å². The van der Waals surface area contributed by atoms with Gasteiger partial charge in [-0.05, 0) is 30.7 Å². The lowest BCUT2D eigenvalue weighted by Gasteiger charge is -2.24. The Hall–Kier alpha value is -2.94. The fraction of sp³-hybridized carbons (Fsp3) is 0.350. The lowest BCUT2D eigenvalue weighted by molar-refractivity contribution is 0.0951. The third kappa shape index (κ3) is 5.32. The Morgan fingerprint density at radius 2 is 1.59 bits per heavy atom. The van der Waals surface area contributed by atoms with Gasteiger partial charge < -0.3 is 19.5 Å². The first-order valence-corrected chi connectivity index (χ1v) is 10.7. The smallest absolute Gasteiger partial charge is 0.253 e. The van der Waals surface area contributed by atoms with Crippen LogP contribution in [0, 0.1) is 0 Å². The maximum Gasteiger partial charge on any atom is 0.253 e. The fourth-order valence-corrected chi connectivity index (χ4v) is 3.84. The Labute approximate surface area is 171 Å². The molecule has 0 aliphatic rings. The quantitative estimate of drug-likeness (QED) is 0.667. The van der Waals surface area contributed by atoms with Crippen LogP contribution in [-0.2, 0) is 16.6 Å². The summed E-state index contributed by atoms with van der Waals surface area (Å²) in [6, 6.07) is 10.2. The molecule has 9 heteroatoms. The van der Waals surface area contributed by atoms with Crippen molar-refractivity contribution in [2.24, 2.45) is 0 Å². The molecule has 0 bridgehead atoms. The second-order valence-corrected chi connectivity index (χ2v) is 8.09. The van der Waals surface area contributed by atoms with Crippen molar-refractivity contribution in [2.75, 3.05) is 38.4 Å². The topological polar surface area (TPSA) is 94.2 Å². The van der Waals surface area contributed by atoms with E-state index in [1.165, 1.54) is 26.4 Å². The summed E-state index contributed by atoms with van der Waals surface area (Å²) in [5.41, 5.74) is 1.26. The monoisotopic (exact) mass is 422 g/mol. The fourth-order valence-electron chi connectivity index (χ4n) is 2.86. The van der Waals surface area contributed by atoms with Gasteiger partial charge >= 0.3 is 0 Å². The SMILES string of the molecule is CCN(c1cc(OC)c(OC)cc1C(=O)NCc1ccc(OC)cc1)S(C)(=O)=O. The van der Waals surface area contributed by atoms with E-state index in [-0.39, 0.29) is 24.3 Å². The van der Waals surface area contributed by atoms with Gasteiger partial charge in [-0.2, -0.15) is 0 Å². The molecule has 0 radical (unpaired) electrons. The van der Waals surface area contributed by atoms with Crippen molar-refractivity contribution in [3.8, 4) is 17.2 Å². The maximum atomic E-state index is 12.9. The molecule has 2 aromatic carbocycles. The molecule has 2 rings (SSSR count). The number of rotatable bonds is 9. The molecule has 1 amide bonds. The number of anilines is 1. The maximum absolute atomic E-state index is 12.9. The number of sulfonamides is 1. The van der Waals surface area contributed by atoms with Crippen molar-refractivity contribution in [2.45, 2.75) is 13.5 Å². The van der Waals surface area contributed by atoms with Crippen LogP contribution in [0.4, 0.5) is 5.69 Å². The highest BCUT2D eigenvalue weighted by molar-refractivity contribution is 7.92. The van der Waals surface area contributed by atoms with Gasteiger partial charge in [-0.25, -0.2) is 8.42 Å². The second kappa shape index (κ2) is 9.51. The van der Waals surface area contributed by atoms with E-state index >= 15 is 0 Å². The van der Waals surface area contributed by atoms with Crippen molar-refractivity contribution in [1.29, 1.82) is 0 Å². The van der Waals surface area contributed by atoms with Crippen LogP contribution in [0.5, 0.6) is 17.2 Å². The van der Waals surface area contributed by atoms with E-state index in [0.29, 0.717) is 17.2 Å². The number of carbonyl (C=O) groups excluding carboxylic acids is 1. The summed E-state index contributed by atoms with van der Waals surface area (Å²) in [5.74, 6) is 0.944. The van der Waals surface area contributed by atoms with Gasteiger partial charge in [0.25, 0.3) is 5.91 Å². The predicted molar refractivity (Wildman–Crippen MR) is 112 cm³/mol. The van der Waals surface area contributed by atoms with E-state index < -0.39 is 15.9 Å². The molecule has 0 heterocycles. The second-order valence-electron chi connectivity index (χ2n) is 6.18. The Morgan fingerprint density at radius 3 is 2.07 bits per heavy atom. The molecule has 0 aliphatic carbocycles. The molecule has 0 aliphatic heterocycles. The first-order valence-electron chi connectivity index (χ1n) is 8.90. The molecule has 0 saturated carbocycles. The first kappa shape index (κ1) is 22.4. The number of amides is 1. The number of hydrogen-bond donors (Lipinski definition) is 1. The van der Waals surface area contributed by atoms with Crippen LogP contribution in [-0.4, -0.2) is 48.5 Å². The van der Waals surface area contributed by atoms with Gasteiger partial charge in [-0.3, -0.25) is 9.10 Å². The first-order chi connectivity index (χ1) is 13.7. The summed E-state index contributed by atoms with van der Waals surface area (Å²) in [6.07, 6.45) is 1.09. The molecule has 0 fully saturated rings. The molecule has 158 valence electrons. The molecule has 8 nitrogen and oxygen atoms in total. The molecule has 0 saturated heterocycles. The summed E-state index contributed by atoms with van der Waals surface area (Å²) in [7, 11) is 0.875. The zero-order valence-electron chi connectivity index (χ0n) is 17.2. The van der Waals surface area contributed by atoms with Crippen LogP contribution in [0.15, 0.2) is 36.4 Å². The number of nitrogens with one attached hydrogen (secondary N) is 1. The molecule has 29 heavy (non-hydrogen) atoms. The third-order valence-electron chi connectivity index (χ3n) is 4.31. The summed E-state index contributed by atoms with van der Waals surface area (Å²) in [5, 5.41) is 2.81. The van der Waals surface area contributed by atoms with Crippen molar-refractivity contribution in [1.82, 2.24) is 5.32 Å². The minimum atomic E-state index is -3.60. The van der Waals surface area contributed by atoms with Gasteiger partial charge in [0, 0.05) is 19.2 Å². The number of methoxy groups -OCH3 is 3. The van der Waals surface area contributed by atoms with Crippen molar-refractivity contribution < 1.29 is 27.4 Å². The zero-order valence-corrected chi connectivity index (χ0v) is 18.0. The lowest BCUT2D eigenvalue weighted by atomic mass is 10.1. The normalized spacial score (nSPS) is 10.9. The number of ether oxygens (including phenoxy) is 3. The molecule has 0 spiro atoms. The van der Waals surface area contributed by atoms with Crippen molar-refractivity contribution in [3.63, 3.8) is 0 Å². The predicted octanol–water partition coefficient (Wildman–Crippen LogP) is 2.43. The van der Waals surface area contributed by atoms with E-state index in [2.05, 4.69) is 5.32 Å². The Bertz CT molecular complexity index is 958. The molecule has 2 aromatic rings. The highest BCUT2D eigenvalue weighted by Crippen LogP contribution is 2.36. The van der Waals surface area contributed by atoms with Crippen LogP contribution in [0.1, 0.15) is 22.8 Å². The minimum Gasteiger partial charge on any atom is -0.497 e. The van der Waals surface area contributed by atoms with Gasteiger partial charge in [-0.15, -0.1) is 0 Å². The van der Waals surface area contributed by atoms with Crippen molar-refractivity contribution in [3.05, 3.63) is 47.5 Å². The Kier molecular flexibility index (Phi) is 7.33. The van der Waals surface area contributed by atoms with E-state index in [1.54, 1.807) is 26.2 Å². The van der Waals surface area contributed by atoms with Gasteiger partial charge in [0.05, 0.1) is 38.8 Å². The molecule has 1 N–H and O–H groups in total. The van der Waals surface area contributed by atoms with E-state index in [9.17, 15) is 13.2 Å². The minimum absolute atomic E-state index is 0.160. The van der Waals surface area contributed by atoms with Crippen LogP contribution < -0.4 is 23.8 Å². The molecular formula is C20H26N2O6S. The third-order valence-corrected chi connectivity index (χ3v) is 5.57. The number of benzene rings is 2. The van der Waals surface area contributed by atoms with Crippen LogP contribution >= 0.6 is 0 Å². The lowest BCUT2D eigenvalue weighted by Crippen LogP contribution is -2.33. The van der Waals surface area contributed by atoms with Crippen LogP contribution in [0.2, 0.25) is 0 Å². The highest BCUT2D eigenvalue weighted by Gasteiger charge is 2.25. The Morgan fingerprint density at radius 1 is 1.00 bits per heavy atom. The summed E-state index contributed by atoms with van der Waals surface area (Å²) in [4.78, 5) is 12.9.